The van der Waals surface area contributed by atoms with Gasteiger partial charge in [-0.15, -0.1) is 11.3 Å². The number of anilines is 1. The number of nitrogens with zero attached hydrogens (tertiary/aromatic N) is 4. The molecule has 0 radical (unpaired) electrons. The van der Waals surface area contributed by atoms with Gasteiger partial charge in [0, 0.05) is 38.8 Å². The average Bonchev–Trinajstić information content (AvgIpc) is 3.01. The molecular weight excluding hydrogens is 342 g/mol. The van der Waals surface area contributed by atoms with Crippen molar-refractivity contribution in [2.45, 2.75) is 47.1 Å². The summed E-state index contributed by atoms with van der Waals surface area (Å²) in [5.74, 6) is 2.50. The molecular formula is C20H33N5S. The van der Waals surface area contributed by atoms with E-state index in [1.165, 1.54) is 24.0 Å². The number of aromatic nitrogens is 2. The molecule has 3 rings (SSSR count). The summed E-state index contributed by atoms with van der Waals surface area (Å²) >= 11 is 1.74. The van der Waals surface area contributed by atoms with E-state index < -0.39 is 0 Å². The van der Waals surface area contributed by atoms with Crippen LogP contribution in [0.5, 0.6) is 0 Å². The zero-order valence-electron chi connectivity index (χ0n) is 16.9. The summed E-state index contributed by atoms with van der Waals surface area (Å²) in [6, 6.07) is 0.506. The lowest BCUT2D eigenvalue weighted by molar-refractivity contribution is 0.110. The van der Waals surface area contributed by atoms with Crippen LogP contribution in [0, 0.1) is 12.8 Å². The zero-order chi connectivity index (χ0) is 18.7. The lowest BCUT2D eigenvalue weighted by Gasteiger charge is -2.37. The monoisotopic (exact) mass is 375 g/mol. The molecule has 6 heteroatoms. The number of thiophene rings is 1. The van der Waals surface area contributed by atoms with Gasteiger partial charge in [-0.05, 0) is 43.7 Å². The van der Waals surface area contributed by atoms with E-state index in [1.807, 2.05) is 6.92 Å². The average molecular weight is 376 g/mol. The number of nitrogens with one attached hydrogen (secondary N) is 1. The van der Waals surface area contributed by atoms with Crippen LogP contribution in [0.1, 0.15) is 39.1 Å². The largest absolute Gasteiger partial charge is 0.368 e. The minimum absolute atomic E-state index is 0.506. The molecule has 2 aromatic heterocycles. The molecule has 1 aliphatic rings. The summed E-state index contributed by atoms with van der Waals surface area (Å²) in [4.78, 5) is 15.6. The van der Waals surface area contributed by atoms with Crippen molar-refractivity contribution in [1.82, 2.24) is 19.8 Å². The fraction of sp³-hybridized carbons (Fsp3) is 0.700. The molecule has 1 atom stereocenters. The second kappa shape index (κ2) is 8.63. The minimum atomic E-state index is 0.506. The van der Waals surface area contributed by atoms with Gasteiger partial charge in [-0.1, -0.05) is 20.8 Å². The molecule has 0 spiro atoms. The van der Waals surface area contributed by atoms with Gasteiger partial charge < -0.3 is 10.2 Å². The van der Waals surface area contributed by atoms with E-state index in [0.717, 1.165) is 49.1 Å². The van der Waals surface area contributed by atoms with Crippen LogP contribution in [0.4, 0.5) is 5.82 Å². The van der Waals surface area contributed by atoms with E-state index in [2.05, 4.69) is 53.2 Å². The topological polar surface area (TPSA) is 44.3 Å². The Hall–Kier alpha value is -1.24. The molecule has 1 aliphatic heterocycles. The Bertz CT molecular complexity index is 718. The molecule has 5 nitrogen and oxygen atoms in total. The smallest absolute Gasteiger partial charge is 0.138 e. The molecule has 1 fully saturated rings. The van der Waals surface area contributed by atoms with Crippen LogP contribution in [0.2, 0.25) is 0 Å². The fourth-order valence-electron chi connectivity index (χ4n) is 3.72. The standard InChI is InChI=1S/C20H33N5S/c1-6-24-7-9-25(10-8-24)15(4)12-21-19-18-17(11-14(2)3)13-26-20(18)23-16(5)22-19/h13-15H,6-12H2,1-5H3,(H,21,22,23). The zero-order valence-corrected chi connectivity index (χ0v) is 17.7. The summed E-state index contributed by atoms with van der Waals surface area (Å²) in [5.41, 5.74) is 1.38. The minimum Gasteiger partial charge on any atom is -0.368 e. The summed E-state index contributed by atoms with van der Waals surface area (Å²) < 4.78 is 0. The summed E-state index contributed by atoms with van der Waals surface area (Å²) in [6.07, 6.45) is 1.08. The number of fused-ring (bicyclic) bond motifs is 1. The van der Waals surface area contributed by atoms with Crippen LogP contribution in [0.25, 0.3) is 10.2 Å². The Morgan fingerprint density at radius 3 is 2.54 bits per heavy atom. The van der Waals surface area contributed by atoms with Gasteiger partial charge in [-0.2, -0.15) is 0 Å². The fourth-order valence-corrected chi connectivity index (χ4v) is 4.72. The molecule has 0 saturated carbocycles. The molecule has 1 N–H and O–H groups in total. The maximum Gasteiger partial charge on any atom is 0.138 e. The van der Waals surface area contributed by atoms with E-state index in [0.29, 0.717) is 12.0 Å². The molecule has 0 aromatic carbocycles. The highest BCUT2D eigenvalue weighted by molar-refractivity contribution is 7.17. The van der Waals surface area contributed by atoms with Gasteiger partial charge in [-0.3, -0.25) is 4.90 Å². The molecule has 0 amide bonds. The third-order valence-electron chi connectivity index (χ3n) is 5.29. The Balaban J connectivity index is 1.71. The predicted molar refractivity (Wildman–Crippen MR) is 112 cm³/mol. The van der Waals surface area contributed by atoms with Crippen molar-refractivity contribution in [3.8, 4) is 0 Å². The first-order valence-electron chi connectivity index (χ1n) is 9.93. The van der Waals surface area contributed by atoms with Gasteiger partial charge in [0.05, 0.1) is 5.39 Å². The SMILES string of the molecule is CCN1CCN(C(C)CNc2nc(C)nc3scc(CC(C)C)c23)CC1. The van der Waals surface area contributed by atoms with Crippen LogP contribution in [0.15, 0.2) is 5.38 Å². The molecule has 0 bridgehead atoms. The summed E-state index contributed by atoms with van der Waals surface area (Å²) in [7, 11) is 0. The Morgan fingerprint density at radius 1 is 1.15 bits per heavy atom. The highest BCUT2D eigenvalue weighted by Crippen LogP contribution is 2.31. The maximum atomic E-state index is 4.74. The van der Waals surface area contributed by atoms with Gasteiger partial charge >= 0.3 is 0 Å². The van der Waals surface area contributed by atoms with Gasteiger partial charge in [0.15, 0.2) is 0 Å². The molecule has 1 unspecified atom stereocenters. The Kier molecular flexibility index (Phi) is 6.48. The van der Waals surface area contributed by atoms with Gasteiger partial charge in [0.25, 0.3) is 0 Å². The second-order valence-electron chi connectivity index (χ2n) is 7.86. The Morgan fingerprint density at radius 2 is 1.88 bits per heavy atom. The van der Waals surface area contributed by atoms with Crippen molar-refractivity contribution < 1.29 is 0 Å². The molecule has 3 heterocycles. The number of hydrogen-bond donors (Lipinski definition) is 1. The molecule has 2 aromatic rings. The van der Waals surface area contributed by atoms with Crippen molar-refractivity contribution >= 4 is 27.4 Å². The van der Waals surface area contributed by atoms with E-state index in [-0.39, 0.29) is 0 Å². The summed E-state index contributed by atoms with van der Waals surface area (Å²) in [5, 5.41) is 7.15. The second-order valence-corrected chi connectivity index (χ2v) is 8.72. The normalized spacial score (nSPS) is 17.9. The molecule has 1 saturated heterocycles. The summed E-state index contributed by atoms with van der Waals surface area (Å²) in [6.45, 7) is 17.9. The van der Waals surface area contributed by atoms with Crippen LogP contribution in [-0.2, 0) is 6.42 Å². The number of piperazine rings is 1. The predicted octanol–water partition coefficient (Wildman–Crippen LogP) is 3.64. The lowest BCUT2D eigenvalue weighted by atomic mass is 10.0. The first-order chi connectivity index (χ1) is 12.5. The van der Waals surface area contributed by atoms with Crippen LogP contribution >= 0.6 is 11.3 Å². The van der Waals surface area contributed by atoms with Gasteiger partial charge in [0.2, 0.25) is 0 Å². The first-order valence-corrected chi connectivity index (χ1v) is 10.8. The Labute approximate surface area is 161 Å². The van der Waals surface area contributed by atoms with Crippen molar-refractivity contribution in [3.63, 3.8) is 0 Å². The number of aryl methyl sites for hydroxylation is 1. The highest BCUT2D eigenvalue weighted by Gasteiger charge is 2.21. The van der Waals surface area contributed by atoms with Crippen molar-refractivity contribution in [2.24, 2.45) is 5.92 Å². The molecule has 0 aliphatic carbocycles. The lowest BCUT2D eigenvalue weighted by Crippen LogP contribution is -2.51. The third-order valence-corrected chi connectivity index (χ3v) is 6.21. The van der Waals surface area contributed by atoms with Crippen molar-refractivity contribution in [2.75, 3.05) is 44.6 Å². The van der Waals surface area contributed by atoms with E-state index in [4.69, 9.17) is 4.98 Å². The van der Waals surface area contributed by atoms with Crippen LogP contribution in [-0.4, -0.2) is 65.1 Å². The third kappa shape index (κ3) is 4.53. The molecule has 144 valence electrons. The van der Waals surface area contributed by atoms with E-state index in [1.54, 1.807) is 11.3 Å². The number of likely N-dealkylation sites (N-methyl/N-ethyl adjacent to an activating group) is 1. The van der Waals surface area contributed by atoms with Gasteiger partial charge in [0.1, 0.15) is 16.5 Å². The van der Waals surface area contributed by atoms with E-state index in [9.17, 15) is 0 Å². The van der Waals surface area contributed by atoms with E-state index >= 15 is 0 Å². The maximum absolute atomic E-state index is 4.74. The van der Waals surface area contributed by atoms with Crippen LogP contribution in [0.3, 0.4) is 0 Å². The number of rotatable bonds is 7. The highest BCUT2D eigenvalue weighted by atomic mass is 32.1. The van der Waals surface area contributed by atoms with Crippen molar-refractivity contribution in [3.05, 3.63) is 16.8 Å². The van der Waals surface area contributed by atoms with Gasteiger partial charge in [-0.25, -0.2) is 9.97 Å². The molecule has 26 heavy (non-hydrogen) atoms. The number of hydrogen-bond acceptors (Lipinski definition) is 6. The quantitative estimate of drug-likeness (QED) is 0.800. The first kappa shape index (κ1) is 19.5. The van der Waals surface area contributed by atoms with Crippen LogP contribution < -0.4 is 5.32 Å². The van der Waals surface area contributed by atoms with Crippen molar-refractivity contribution in [1.29, 1.82) is 0 Å².